The molecule has 0 N–H and O–H groups in total. The summed E-state index contributed by atoms with van der Waals surface area (Å²) in [6, 6.07) is 4.42. The fourth-order valence-electron chi connectivity index (χ4n) is 1.31. The van der Waals surface area contributed by atoms with Crippen molar-refractivity contribution in [1.82, 2.24) is 0 Å². The van der Waals surface area contributed by atoms with Gasteiger partial charge in [0.2, 0.25) is 0 Å². The van der Waals surface area contributed by atoms with E-state index in [1.807, 2.05) is 0 Å². The van der Waals surface area contributed by atoms with Crippen LogP contribution in [0.5, 0.6) is 0 Å². The van der Waals surface area contributed by atoms with Crippen LogP contribution >= 0.6 is 11.8 Å². The van der Waals surface area contributed by atoms with E-state index < -0.39 is 0 Å². The number of ketones is 1. The number of halogens is 1. The average Bonchev–Trinajstić information content (AvgIpc) is 2.19. The van der Waals surface area contributed by atoms with Crippen molar-refractivity contribution in [3.8, 4) is 0 Å². The summed E-state index contributed by atoms with van der Waals surface area (Å²) in [5, 5.41) is 0. The maximum Gasteiger partial charge on any atom is 0.161 e. The van der Waals surface area contributed by atoms with Crippen LogP contribution in [0.1, 0.15) is 37.6 Å². The molecular weight excluding hydrogens is 223 g/mol. The quantitative estimate of drug-likeness (QED) is 0.567. The molecule has 0 radical (unpaired) electrons. The number of hydrogen-bond donors (Lipinski definition) is 0. The molecule has 1 rings (SSSR count). The molecule has 88 valence electrons. The largest absolute Gasteiger partial charge is 0.294 e. The van der Waals surface area contributed by atoms with Crippen molar-refractivity contribution in [3.63, 3.8) is 0 Å². The monoisotopic (exact) mass is 240 g/mol. The number of Topliss-reactive ketones (excluding diaryl/α,β-unsaturated/α-hetero) is 1. The molecule has 0 bridgehead atoms. The van der Waals surface area contributed by atoms with Crippen LogP contribution in [-0.4, -0.2) is 11.5 Å². The van der Waals surface area contributed by atoms with Crippen molar-refractivity contribution in [3.05, 3.63) is 29.6 Å². The van der Waals surface area contributed by atoms with E-state index in [4.69, 9.17) is 0 Å². The molecule has 1 aromatic rings. The first kappa shape index (κ1) is 13.2. The Hall–Kier alpha value is -0.830. The molecule has 0 aliphatic carbocycles. The summed E-state index contributed by atoms with van der Waals surface area (Å²) < 4.78 is 13.0. The second-order valence-electron chi connectivity index (χ2n) is 4.23. The predicted octanol–water partition coefficient (Wildman–Crippen LogP) is 4.17. The molecule has 0 unspecified atom stereocenters. The first-order chi connectivity index (χ1) is 7.50. The van der Waals surface area contributed by atoms with E-state index in [1.54, 1.807) is 17.8 Å². The van der Waals surface area contributed by atoms with E-state index in [0.29, 0.717) is 11.5 Å². The lowest BCUT2D eigenvalue weighted by Crippen LogP contribution is -1.97. The number of carbonyl (C=O) groups excluding carboxylic acids is 1. The number of hydrogen-bond acceptors (Lipinski definition) is 2. The topological polar surface area (TPSA) is 17.1 Å². The third-order valence-electron chi connectivity index (χ3n) is 2.27. The molecular formula is C13H17FOS. The van der Waals surface area contributed by atoms with Crippen molar-refractivity contribution in [2.75, 3.05) is 5.75 Å². The van der Waals surface area contributed by atoms with Gasteiger partial charge >= 0.3 is 0 Å². The summed E-state index contributed by atoms with van der Waals surface area (Å²) in [7, 11) is 0. The molecule has 0 aromatic heterocycles. The van der Waals surface area contributed by atoms with Gasteiger partial charge in [-0.25, -0.2) is 4.39 Å². The SMILES string of the molecule is CC(=O)c1cc(F)ccc1SCCC(C)C. The maximum atomic E-state index is 13.0. The van der Waals surface area contributed by atoms with Crippen LogP contribution in [0, 0.1) is 11.7 Å². The fourth-order valence-corrected chi connectivity index (χ4v) is 2.64. The minimum Gasteiger partial charge on any atom is -0.294 e. The third kappa shape index (κ3) is 3.97. The Kier molecular flexibility index (Phi) is 5.00. The summed E-state index contributed by atoms with van der Waals surface area (Å²) in [4.78, 5) is 12.2. The fraction of sp³-hybridized carbons (Fsp3) is 0.462. The molecule has 0 saturated carbocycles. The van der Waals surface area contributed by atoms with E-state index in [2.05, 4.69) is 13.8 Å². The minimum atomic E-state index is -0.349. The van der Waals surface area contributed by atoms with Crippen molar-refractivity contribution < 1.29 is 9.18 Å². The number of thioether (sulfide) groups is 1. The Morgan fingerprint density at radius 1 is 1.44 bits per heavy atom. The van der Waals surface area contributed by atoms with Gasteiger partial charge in [-0.05, 0) is 43.2 Å². The third-order valence-corrected chi connectivity index (χ3v) is 3.38. The standard InChI is InChI=1S/C13H17FOS/c1-9(2)6-7-16-13-5-4-11(14)8-12(13)10(3)15/h4-5,8-9H,6-7H2,1-3H3. The number of carbonyl (C=O) groups is 1. The van der Waals surface area contributed by atoms with Gasteiger partial charge in [-0.3, -0.25) is 4.79 Å². The van der Waals surface area contributed by atoms with Crippen LogP contribution in [-0.2, 0) is 0 Å². The van der Waals surface area contributed by atoms with Gasteiger partial charge in [0.25, 0.3) is 0 Å². The molecule has 0 saturated heterocycles. The Bertz CT molecular complexity index is 374. The summed E-state index contributed by atoms with van der Waals surface area (Å²) >= 11 is 1.62. The Morgan fingerprint density at radius 3 is 2.69 bits per heavy atom. The zero-order valence-corrected chi connectivity index (χ0v) is 10.7. The average molecular weight is 240 g/mol. The normalized spacial score (nSPS) is 10.8. The molecule has 0 atom stereocenters. The molecule has 0 spiro atoms. The van der Waals surface area contributed by atoms with Crippen molar-refractivity contribution >= 4 is 17.5 Å². The van der Waals surface area contributed by atoms with Gasteiger partial charge in [-0.2, -0.15) is 0 Å². The van der Waals surface area contributed by atoms with Crippen molar-refractivity contribution in [2.24, 2.45) is 5.92 Å². The predicted molar refractivity (Wildman–Crippen MR) is 66.6 cm³/mol. The highest BCUT2D eigenvalue weighted by Gasteiger charge is 2.09. The highest BCUT2D eigenvalue weighted by molar-refractivity contribution is 7.99. The zero-order chi connectivity index (χ0) is 12.1. The Balaban J connectivity index is 2.75. The van der Waals surface area contributed by atoms with E-state index in [9.17, 15) is 9.18 Å². The highest BCUT2D eigenvalue weighted by atomic mass is 32.2. The molecule has 1 nitrogen and oxygen atoms in total. The van der Waals surface area contributed by atoms with Crippen LogP contribution in [0.4, 0.5) is 4.39 Å². The van der Waals surface area contributed by atoms with E-state index in [0.717, 1.165) is 17.1 Å². The van der Waals surface area contributed by atoms with Gasteiger partial charge < -0.3 is 0 Å². The van der Waals surface area contributed by atoms with Gasteiger partial charge in [0.05, 0.1) is 0 Å². The van der Waals surface area contributed by atoms with Crippen LogP contribution in [0.3, 0.4) is 0 Å². The first-order valence-corrected chi connectivity index (χ1v) is 6.42. The van der Waals surface area contributed by atoms with Gasteiger partial charge in [-0.15, -0.1) is 11.8 Å². The molecule has 0 aliphatic heterocycles. The van der Waals surface area contributed by atoms with Gasteiger partial charge in [0, 0.05) is 10.5 Å². The van der Waals surface area contributed by atoms with Gasteiger partial charge in [0.1, 0.15) is 5.82 Å². The summed E-state index contributed by atoms with van der Waals surface area (Å²) in [6.45, 7) is 5.80. The van der Waals surface area contributed by atoms with E-state index in [1.165, 1.54) is 19.1 Å². The minimum absolute atomic E-state index is 0.0773. The van der Waals surface area contributed by atoms with Crippen LogP contribution in [0.15, 0.2) is 23.1 Å². The summed E-state index contributed by atoms with van der Waals surface area (Å²) in [5.74, 6) is 1.18. The van der Waals surface area contributed by atoms with Crippen molar-refractivity contribution in [1.29, 1.82) is 0 Å². The molecule has 0 heterocycles. The summed E-state index contributed by atoms with van der Waals surface area (Å²) in [6.07, 6.45) is 1.10. The Labute approximate surface area is 100 Å². The van der Waals surface area contributed by atoms with Crippen LogP contribution in [0.2, 0.25) is 0 Å². The smallest absolute Gasteiger partial charge is 0.161 e. The molecule has 3 heteroatoms. The molecule has 1 aromatic carbocycles. The summed E-state index contributed by atoms with van der Waals surface area (Å²) in [5.41, 5.74) is 0.494. The van der Waals surface area contributed by atoms with E-state index in [-0.39, 0.29) is 11.6 Å². The lowest BCUT2D eigenvalue weighted by atomic mass is 10.1. The van der Waals surface area contributed by atoms with Gasteiger partial charge in [-0.1, -0.05) is 13.8 Å². The van der Waals surface area contributed by atoms with Gasteiger partial charge in [0.15, 0.2) is 5.78 Å². The van der Waals surface area contributed by atoms with Crippen molar-refractivity contribution in [2.45, 2.75) is 32.1 Å². The van der Waals surface area contributed by atoms with Crippen LogP contribution in [0.25, 0.3) is 0 Å². The van der Waals surface area contributed by atoms with Crippen LogP contribution < -0.4 is 0 Å². The Morgan fingerprint density at radius 2 is 2.12 bits per heavy atom. The molecule has 0 aliphatic rings. The van der Waals surface area contributed by atoms with E-state index >= 15 is 0 Å². The first-order valence-electron chi connectivity index (χ1n) is 5.44. The number of rotatable bonds is 5. The molecule has 0 amide bonds. The molecule has 0 fully saturated rings. The zero-order valence-electron chi connectivity index (χ0n) is 9.92. The second-order valence-corrected chi connectivity index (χ2v) is 5.36. The number of benzene rings is 1. The molecule has 16 heavy (non-hydrogen) atoms. The lowest BCUT2D eigenvalue weighted by Gasteiger charge is -2.08. The highest BCUT2D eigenvalue weighted by Crippen LogP contribution is 2.25. The second kappa shape index (κ2) is 6.04. The lowest BCUT2D eigenvalue weighted by molar-refractivity contribution is 0.101. The maximum absolute atomic E-state index is 13.0.